The number of hydrogen-bond donors (Lipinski definition) is 1. The van der Waals surface area contributed by atoms with Crippen LogP contribution in [0.15, 0.2) is 29.2 Å². The predicted octanol–water partition coefficient (Wildman–Crippen LogP) is 1.28. The summed E-state index contributed by atoms with van der Waals surface area (Å²) in [6, 6.07) is 6.77. The van der Waals surface area contributed by atoms with E-state index in [-0.39, 0.29) is 48.8 Å². The van der Waals surface area contributed by atoms with Gasteiger partial charge in [-0.3, -0.25) is 14.3 Å². The van der Waals surface area contributed by atoms with Crippen LogP contribution in [-0.2, 0) is 30.9 Å². The number of rotatable bonds is 4. The number of anilines is 2. The number of hydrogen-bond acceptors (Lipinski definition) is 6. The largest absolute Gasteiger partial charge is 0.379 e. The van der Waals surface area contributed by atoms with Crippen LogP contribution in [0.4, 0.5) is 11.4 Å². The van der Waals surface area contributed by atoms with Crippen LogP contribution in [-0.4, -0.2) is 66.7 Å². The molecule has 172 valence electrons. The molecule has 0 spiro atoms. The van der Waals surface area contributed by atoms with Crippen molar-refractivity contribution >= 4 is 33.2 Å². The summed E-state index contributed by atoms with van der Waals surface area (Å²) in [4.78, 5) is 27.3. The Kier molecular flexibility index (Phi) is 6.06. The van der Waals surface area contributed by atoms with E-state index in [1.807, 2.05) is 6.92 Å². The third kappa shape index (κ3) is 4.03. The van der Waals surface area contributed by atoms with Gasteiger partial charge in [0.2, 0.25) is 21.8 Å². The second-order valence-corrected chi connectivity index (χ2v) is 9.93. The summed E-state index contributed by atoms with van der Waals surface area (Å²) in [7, 11) is -3.75. The summed E-state index contributed by atoms with van der Waals surface area (Å²) < 4.78 is 34.5. The lowest BCUT2D eigenvalue weighted by molar-refractivity contribution is -0.120. The van der Waals surface area contributed by atoms with Gasteiger partial charge in [-0.25, -0.2) is 8.42 Å². The van der Waals surface area contributed by atoms with Gasteiger partial charge in [0, 0.05) is 25.6 Å². The maximum atomic E-state index is 13.4. The third-order valence-electron chi connectivity index (χ3n) is 5.80. The number of amides is 2. The van der Waals surface area contributed by atoms with Gasteiger partial charge in [0.25, 0.3) is 0 Å². The highest BCUT2D eigenvalue weighted by atomic mass is 32.2. The van der Waals surface area contributed by atoms with Crippen LogP contribution in [0.25, 0.3) is 0 Å². The van der Waals surface area contributed by atoms with E-state index >= 15 is 0 Å². The van der Waals surface area contributed by atoms with Gasteiger partial charge in [-0.15, -0.1) is 0 Å². The van der Waals surface area contributed by atoms with E-state index in [1.54, 1.807) is 43.0 Å². The maximum absolute atomic E-state index is 13.4. The highest BCUT2D eigenvalue weighted by Crippen LogP contribution is 2.32. The maximum Gasteiger partial charge on any atom is 0.249 e. The van der Waals surface area contributed by atoms with Gasteiger partial charge in [0.15, 0.2) is 0 Å². The molecule has 0 bridgehead atoms. The average molecular weight is 462 g/mol. The van der Waals surface area contributed by atoms with E-state index in [4.69, 9.17) is 4.74 Å². The van der Waals surface area contributed by atoms with Gasteiger partial charge in [-0.2, -0.15) is 9.40 Å². The van der Waals surface area contributed by atoms with E-state index in [0.29, 0.717) is 36.0 Å². The van der Waals surface area contributed by atoms with Crippen LogP contribution in [0.1, 0.15) is 24.7 Å². The summed E-state index contributed by atoms with van der Waals surface area (Å²) >= 11 is 0. The number of carbonyl (C=O) groups is 2. The van der Waals surface area contributed by atoms with E-state index in [0.717, 1.165) is 0 Å². The molecule has 3 heterocycles. The van der Waals surface area contributed by atoms with Crippen LogP contribution in [0.3, 0.4) is 0 Å². The number of aromatic nitrogens is 2. The van der Waals surface area contributed by atoms with Gasteiger partial charge in [-0.1, -0.05) is 12.1 Å². The number of para-hydroxylation sites is 2. The molecule has 10 nitrogen and oxygen atoms in total. The summed E-state index contributed by atoms with van der Waals surface area (Å²) in [5.74, 6) is -0.437. The minimum absolute atomic E-state index is 0.133. The number of ether oxygens (including phenoxy) is 1. The second kappa shape index (κ2) is 8.64. The number of benzene rings is 1. The van der Waals surface area contributed by atoms with Crippen molar-refractivity contribution in [2.75, 3.05) is 36.5 Å². The lowest BCUT2D eigenvalue weighted by Crippen LogP contribution is -2.41. The first-order valence-electron chi connectivity index (χ1n) is 10.5. The van der Waals surface area contributed by atoms with Crippen LogP contribution in [0, 0.1) is 13.8 Å². The number of nitrogens with zero attached hydrogens (tertiary/aromatic N) is 4. The van der Waals surface area contributed by atoms with Gasteiger partial charge >= 0.3 is 0 Å². The van der Waals surface area contributed by atoms with E-state index < -0.39 is 10.0 Å². The average Bonchev–Trinajstić information content (AvgIpc) is 2.95. The molecular formula is C21H27N5O5S. The SMILES string of the molecule is Cc1nn(CC(=O)N2c3ccccc3NC(=O)CC2C)c(C)c1S(=O)(=O)N1CCOCC1. The van der Waals surface area contributed by atoms with Crippen molar-refractivity contribution in [1.29, 1.82) is 0 Å². The molecule has 2 aliphatic rings. The molecule has 2 aromatic rings. The molecule has 1 aromatic heterocycles. The lowest BCUT2D eigenvalue weighted by atomic mass is 10.1. The van der Waals surface area contributed by atoms with Gasteiger partial charge < -0.3 is 15.0 Å². The highest BCUT2D eigenvalue weighted by molar-refractivity contribution is 7.89. The molecule has 1 unspecified atom stereocenters. The molecular weight excluding hydrogens is 434 g/mol. The molecule has 0 aliphatic carbocycles. The van der Waals surface area contributed by atoms with Crippen molar-refractivity contribution in [2.45, 2.75) is 44.7 Å². The molecule has 2 amide bonds. The Bertz CT molecular complexity index is 1150. The van der Waals surface area contributed by atoms with Crippen LogP contribution >= 0.6 is 0 Å². The molecule has 1 fully saturated rings. The first-order valence-corrected chi connectivity index (χ1v) is 12.0. The first kappa shape index (κ1) is 22.4. The Morgan fingerprint density at radius 2 is 1.91 bits per heavy atom. The molecule has 1 saturated heterocycles. The smallest absolute Gasteiger partial charge is 0.249 e. The fraction of sp³-hybridized carbons (Fsp3) is 0.476. The van der Waals surface area contributed by atoms with E-state index in [2.05, 4.69) is 10.4 Å². The number of morpholine rings is 1. The van der Waals surface area contributed by atoms with Gasteiger partial charge in [0.1, 0.15) is 11.4 Å². The summed E-state index contributed by atoms with van der Waals surface area (Å²) in [6.45, 7) is 6.24. The van der Waals surface area contributed by atoms with Crippen LogP contribution < -0.4 is 10.2 Å². The number of sulfonamides is 1. The topological polar surface area (TPSA) is 114 Å². The molecule has 1 N–H and O–H groups in total. The normalized spacial score (nSPS) is 19.9. The zero-order valence-corrected chi connectivity index (χ0v) is 19.2. The molecule has 0 saturated carbocycles. The van der Waals surface area contributed by atoms with Crippen LogP contribution in [0.5, 0.6) is 0 Å². The molecule has 4 rings (SSSR count). The molecule has 11 heteroatoms. The Hall–Kier alpha value is -2.76. The molecule has 32 heavy (non-hydrogen) atoms. The lowest BCUT2D eigenvalue weighted by Gasteiger charge is -2.28. The van der Waals surface area contributed by atoms with E-state index in [9.17, 15) is 18.0 Å². The Labute approximate surface area is 187 Å². The Morgan fingerprint density at radius 3 is 2.62 bits per heavy atom. The molecule has 1 aromatic carbocycles. The third-order valence-corrected chi connectivity index (χ3v) is 7.95. The standard InChI is InChI=1S/C21H27N5O5S/c1-14-12-19(27)22-17-6-4-5-7-18(17)26(14)20(28)13-25-16(3)21(15(2)23-25)32(29,30)24-8-10-31-11-9-24/h4-7,14H,8-13H2,1-3H3,(H,22,27). The number of nitrogens with one attached hydrogen (secondary N) is 1. The molecule has 2 aliphatic heterocycles. The monoisotopic (exact) mass is 461 g/mol. The first-order chi connectivity index (χ1) is 15.2. The van der Waals surface area contributed by atoms with Gasteiger partial charge in [-0.05, 0) is 32.9 Å². The number of fused-ring (bicyclic) bond motifs is 1. The minimum atomic E-state index is -3.75. The minimum Gasteiger partial charge on any atom is -0.379 e. The van der Waals surface area contributed by atoms with E-state index in [1.165, 1.54) is 8.99 Å². The number of carbonyl (C=O) groups excluding carboxylic acids is 2. The van der Waals surface area contributed by atoms with Crippen LogP contribution in [0.2, 0.25) is 0 Å². The fourth-order valence-corrected chi connectivity index (χ4v) is 6.08. The van der Waals surface area contributed by atoms with Crippen molar-refractivity contribution in [3.8, 4) is 0 Å². The van der Waals surface area contributed by atoms with Crippen molar-refractivity contribution in [3.63, 3.8) is 0 Å². The van der Waals surface area contributed by atoms with Gasteiger partial charge in [0.05, 0.1) is 36.0 Å². The summed E-state index contributed by atoms with van der Waals surface area (Å²) in [5, 5.41) is 7.21. The predicted molar refractivity (Wildman–Crippen MR) is 118 cm³/mol. The highest BCUT2D eigenvalue weighted by Gasteiger charge is 2.34. The van der Waals surface area contributed by atoms with Crippen molar-refractivity contribution in [1.82, 2.24) is 14.1 Å². The number of aryl methyl sites for hydroxylation is 1. The fourth-order valence-electron chi connectivity index (χ4n) is 4.30. The zero-order valence-electron chi connectivity index (χ0n) is 18.4. The molecule has 1 atom stereocenters. The summed E-state index contributed by atoms with van der Waals surface area (Å²) in [5.41, 5.74) is 1.94. The van der Waals surface area contributed by atoms with Crippen molar-refractivity contribution in [2.24, 2.45) is 0 Å². The Balaban J connectivity index is 1.65. The summed E-state index contributed by atoms with van der Waals surface area (Å²) in [6.07, 6.45) is 0.161. The second-order valence-electron chi connectivity index (χ2n) is 8.06. The Morgan fingerprint density at radius 1 is 1.22 bits per heavy atom. The van der Waals surface area contributed by atoms with Crippen molar-refractivity contribution in [3.05, 3.63) is 35.7 Å². The zero-order chi connectivity index (χ0) is 23.0. The quantitative estimate of drug-likeness (QED) is 0.734. The van der Waals surface area contributed by atoms with Crippen molar-refractivity contribution < 1.29 is 22.7 Å². The molecule has 0 radical (unpaired) electrons.